The van der Waals surface area contributed by atoms with Crippen LogP contribution in [0.2, 0.25) is 0 Å². The molecule has 0 radical (unpaired) electrons. The molecule has 2 aromatic heterocycles. The first-order valence-corrected chi connectivity index (χ1v) is 6.92. The number of halogens is 3. The lowest BCUT2D eigenvalue weighted by atomic mass is 9.97. The number of H-pyrrole nitrogens is 1. The van der Waals surface area contributed by atoms with E-state index < -0.39 is 11.7 Å². The van der Waals surface area contributed by atoms with Crippen molar-refractivity contribution in [3.63, 3.8) is 0 Å². The number of alkyl halides is 3. The summed E-state index contributed by atoms with van der Waals surface area (Å²) in [5, 5.41) is 8.01. The van der Waals surface area contributed by atoms with E-state index in [2.05, 4.69) is 15.2 Å². The Morgan fingerprint density at radius 3 is 2.61 bits per heavy atom. The van der Waals surface area contributed by atoms with Crippen molar-refractivity contribution in [1.82, 2.24) is 15.2 Å². The van der Waals surface area contributed by atoms with Gasteiger partial charge in [-0.05, 0) is 23.8 Å². The summed E-state index contributed by atoms with van der Waals surface area (Å²) >= 11 is 0. The van der Waals surface area contributed by atoms with E-state index in [0.29, 0.717) is 27.5 Å². The highest BCUT2D eigenvalue weighted by Gasteiger charge is 2.32. The molecule has 0 saturated carbocycles. The summed E-state index contributed by atoms with van der Waals surface area (Å²) < 4.78 is 39.5. The van der Waals surface area contributed by atoms with Crippen LogP contribution in [0.15, 0.2) is 54.9 Å². The van der Waals surface area contributed by atoms with E-state index in [4.69, 9.17) is 0 Å². The highest BCUT2D eigenvalue weighted by atomic mass is 19.4. The molecular formula is C17H10F3N3. The molecule has 0 aliphatic rings. The minimum Gasteiger partial charge on any atom is -0.278 e. The molecule has 0 fully saturated rings. The van der Waals surface area contributed by atoms with Gasteiger partial charge in [-0.25, -0.2) is 0 Å². The highest BCUT2D eigenvalue weighted by Crippen LogP contribution is 2.38. The Hall–Kier alpha value is -2.89. The number of fused-ring (bicyclic) bond motifs is 2. The average Bonchev–Trinajstić information content (AvgIpc) is 3.01. The summed E-state index contributed by atoms with van der Waals surface area (Å²) in [6, 6.07) is 11.4. The fourth-order valence-electron chi connectivity index (χ4n) is 2.76. The molecule has 2 aromatic carbocycles. The first kappa shape index (κ1) is 13.8. The van der Waals surface area contributed by atoms with E-state index in [1.54, 1.807) is 18.3 Å². The van der Waals surface area contributed by atoms with Crippen LogP contribution >= 0.6 is 0 Å². The molecule has 0 bridgehead atoms. The van der Waals surface area contributed by atoms with Gasteiger partial charge in [0.1, 0.15) is 0 Å². The monoisotopic (exact) mass is 313 g/mol. The number of nitrogens with zero attached hydrogens (tertiary/aromatic N) is 2. The van der Waals surface area contributed by atoms with Crippen LogP contribution in [-0.4, -0.2) is 15.2 Å². The van der Waals surface area contributed by atoms with Crippen LogP contribution in [-0.2, 0) is 6.18 Å². The minimum absolute atomic E-state index is 0.350. The standard InChI is InChI=1S/C17H10F3N3/c18-17(19,20)11-7-13(14-9-22-23-15(14)8-11)12-5-1-3-10-4-2-6-21-16(10)12/h1-9H,(H,22,23). The maximum atomic E-state index is 13.2. The zero-order valence-electron chi connectivity index (χ0n) is 11.7. The molecule has 3 nitrogen and oxygen atoms in total. The summed E-state index contributed by atoms with van der Waals surface area (Å²) in [5.41, 5.74) is 1.42. The number of para-hydroxylation sites is 1. The summed E-state index contributed by atoms with van der Waals surface area (Å²) in [7, 11) is 0. The molecule has 0 aliphatic carbocycles. The Kier molecular flexibility index (Phi) is 2.87. The van der Waals surface area contributed by atoms with Crippen LogP contribution in [0.1, 0.15) is 5.56 Å². The fraction of sp³-hybridized carbons (Fsp3) is 0.0588. The van der Waals surface area contributed by atoms with Crippen LogP contribution in [0.25, 0.3) is 32.9 Å². The van der Waals surface area contributed by atoms with Crippen molar-refractivity contribution in [2.75, 3.05) is 0 Å². The Morgan fingerprint density at radius 1 is 0.957 bits per heavy atom. The Morgan fingerprint density at radius 2 is 1.78 bits per heavy atom. The first-order chi connectivity index (χ1) is 11.0. The zero-order chi connectivity index (χ0) is 16.0. The molecule has 4 aromatic rings. The van der Waals surface area contributed by atoms with Gasteiger partial charge in [-0.2, -0.15) is 18.3 Å². The lowest BCUT2D eigenvalue weighted by Crippen LogP contribution is -2.05. The number of aromatic amines is 1. The molecule has 0 amide bonds. The molecule has 2 heterocycles. The molecule has 0 spiro atoms. The van der Waals surface area contributed by atoms with Crippen LogP contribution in [0.4, 0.5) is 13.2 Å². The molecule has 0 saturated heterocycles. The van der Waals surface area contributed by atoms with Gasteiger partial charge in [0.05, 0.1) is 22.8 Å². The van der Waals surface area contributed by atoms with E-state index in [1.807, 2.05) is 18.2 Å². The van der Waals surface area contributed by atoms with E-state index in [-0.39, 0.29) is 0 Å². The molecule has 114 valence electrons. The molecule has 6 heteroatoms. The molecule has 0 unspecified atom stereocenters. The number of benzene rings is 2. The van der Waals surface area contributed by atoms with E-state index >= 15 is 0 Å². The van der Waals surface area contributed by atoms with Crippen molar-refractivity contribution in [2.45, 2.75) is 6.18 Å². The molecule has 0 atom stereocenters. The number of pyridine rings is 1. The van der Waals surface area contributed by atoms with Crippen molar-refractivity contribution in [3.8, 4) is 11.1 Å². The largest absolute Gasteiger partial charge is 0.416 e. The lowest BCUT2D eigenvalue weighted by molar-refractivity contribution is -0.137. The topological polar surface area (TPSA) is 41.6 Å². The van der Waals surface area contributed by atoms with Gasteiger partial charge >= 0.3 is 6.18 Å². The number of rotatable bonds is 1. The summed E-state index contributed by atoms with van der Waals surface area (Å²) in [6.07, 6.45) is -1.26. The highest BCUT2D eigenvalue weighted by molar-refractivity contribution is 6.03. The molecular weight excluding hydrogens is 303 g/mol. The van der Waals surface area contributed by atoms with Crippen molar-refractivity contribution in [3.05, 3.63) is 60.4 Å². The van der Waals surface area contributed by atoms with Crippen LogP contribution in [0.3, 0.4) is 0 Å². The van der Waals surface area contributed by atoms with Gasteiger partial charge in [0, 0.05) is 22.5 Å². The molecule has 0 aliphatic heterocycles. The minimum atomic E-state index is -4.42. The van der Waals surface area contributed by atoms with Gasteiger partial charge in [0.2, 0.25) is 0 Å². The van der Waals surface area contributed by atoms with E-state index in [0.717, 1.165) is 17.5 Å². The van der Waals surface area contributed by atoms with Crippen LogP contribution in [0.5, 0.6) is 0 Å². The van der Waals surface area contributed by atoms with Gasteiger partial charge < -0.3 is 0 Å². The van der Waals surface area contributed by atoms with E-state index in [9.17, 15) is 13.2 Å². The van der Waals surface area contributed by atoms with Gasteiger partial charge in [-0.3, -0.25) is 10.1 Å². The first-order valence-electron chi connectivity index (χ1n) is 6.92. The molecule has 1 N–H and O–H groups in total. The molecule has 23 heavy (non-hydrogen) atoms. The number of hydrogen-bond acceptors (Lipinski definition) is 2. The van der Waals surface area contributed by atoms with Crippen LogP contribution in [0, 0.1) is 0 Å². The second kappa shape index (κ2) is 4.81. The maximum Gasteiger partial charge on any atom is 0.416 e. The Labute approximate surface area is 128 Å². The van der Waals surface area contributed by atoms with Crippen molar-refractivity contribution < 1.29 is 13.2 Å². The van der Waals surface area contributed by atoms with Gasteiger partial charge in [0.15, 0.2) is 0 Å². The third kappa shape index (κ3) is 2.23. The normalized spacial score (nSPS) is 12.1. The Bertz CT molecular complexity index is 1010. The quantitative estimate of drug-likeness (QED) is 0.548. The third-order valence-electron chi connectivity index (χ3n) is 3.81. The summed E-state index contributed by atoms with van der Waals surface area (Å²) in [5.74, 6) is 0. The summed E-state index contributed by atoms with van der Waals surface area (Å²) in [6.45, 7) is 0. The zero-order valence-corrected chi connectivity index (χ0v) is 11.7. The predicted molar refractivity (Wildman–Crippen MR) is 81.8 cm³/mol. The smallest absolute Gasteiger partial charge is 0.278 e. The summed E-state index contributed by atoms with van der Waals surface area (Å²) in [4.78, 5) is 4.33. The van der Waals surface area contributed by atoms with Crippen LogP contribution < -0.4 is 0 Å². The lowest BCUT2D eigenvalue weighted by Gasteiger charge is -2.12. The SMILES string of the molecule is FC(F)(F)c1cc(-c2cccc3cccnc23)c2cn[nH]c2c1. The Balaban J connectivity index is 2.10. The molecule has 4 rings (SSSR count). The number of nitrogens with one attached hydrogen (secondary N) is 1. The van der Waals surface area contributed by atoms with Crippen molar-refractivity contribution in [2.24, 2.45) is 0 Å². The van der Waals surface area contributed by atoms with Gasteiger partial charge in [0.25, 0.3) is 0 Å². The predicted octanol–water partition coefficient (Wildman–Crippen LogP) is 4.80. The second-order valence-corrected chi connectivity index (χ2v) is 5.23. The number of hydrogen-bond donors (Lipinski definition) is 1. The van der Waals surface area contributed by atoms with E-state index in [1.165, 1.54) is 6.20 Å². The van der Waals surface area contributed by atoms with Gasteiger partial charge in [-0.15, -0.1) is 0 Å². The number of aromatic nitrogens is 3. The fourth-order valence-corrected chi connectivity index (χ4v) is 2.76. The second-order valence-electron chi connectivity index (χ2n) is 5.23. The van der Waals surface area contributed by atoms with Crippen molar-refractivity contribution in [1.29, 1.82) is 0 Å². The van der Waals surface area contributed by atoms with Crippen molar-refractivity contribution >= 4 is 21.8 Å². The maximum absolute atomic E-state index is 13.2. The van der Waals surface area contributed by atoms with Gasteiger partial charge in [-0.1, -0.05) is 24.3 Å². The third-order valence-corrected chi connectivity index (χ3v) is 3.81. The average molecular weight is 313 g/mol.